The number of nitro benzene ring substituents is 1. The monoisotopic (exact) mass is 280 g/mol. The minimum Gasteiger partial charge on any atom is -0.487 e. The molecule has 0 atom stereocenters. The van der Waals surface area contributed by atoms with Crippen molar-refractivity contribution in [3.63, 3.8) is 0 Å². The van der Waals surface area contributed by atoms with E-state index < -0.39 is 4.92 Å². The largest absolute Gasteiger partial charge is 0.487 e. The highest BCUT2D eigenvalue weighted by molar-refractivity contribution is 5.57. The summed E-state index contributed by atoms with van der Waals surface area (Å²) in [6.07, 6.45) is 2.54. The first kappa shape index (κ1) is 14.6. The molecule has 0 bridgehead atoms. The molecule has 110 valence electrons. The van der Waals surface area contributed by atoms with E-state index in [0.29, 0.717) is 12.4 Å². The fourth-order valence-electron chi connectivity index (χ4n) is 2.20. The van der Waals surface area contributed by atoms with Crippen LogP contribution < -0.4 is 14.8 Å². The number of nitrogens with zero attached hydrogens (tertiary/aromatic N) is 1. The van der Waals surface area contributed by atoms with E-state index in [1.54, 1.807) is 18.2 Å². The van der Waals surface area contributed by atoms with E-state index >= 15 is 0 Å². The average Bonchev–Trinajstić information content (AvgIpc) is 2.46. The molecule has 1 heterocycles. The van der Waals surface area contributed by atoms with Gasteiger partial charge < -0.3 is 14.8 Å². The molecule has 0 unspecified atom stereocenters. The van der Waals surface area contributed by atoms with E-state index in [9.17, 15) is 10.1 Å². The first-order valence-corrected chi connectivity index (χ1v) is 7.00. The predicted molar refractivity (Wildman–Crippen MR) is 75.4 cm³/mol. The lowest BCUT2D eigenvalue weighted by Gasteiger charge is -2.23. The summed E-state index contributed by atoms with van der Waals surface area (Å²) in [6.45, 7) is 4.17. The third-order valence-corrected chi connectivity index (χ3v) is 3.19. The molecule has 6 heteroatoms. The Morgan fingerprint density at radius 2 is 2.05 bits per heavy atom. The topological polar surface area (TPSA) is 73.6 Å². The molecule has 0 aromatic heterocycles. The smallest absolute Gasteiger partial charge is 0.352 e. The Balaban J connectivity index is 2.19. The average molecular weight is 280 g/mol. The van der Waals surface area contributed by atoms with Crippen LogP contribution in [0.5, 0.6) is 11.5 Å². The zero-order valence-corrected chi connectivity index (χ0v) is 11.6. The third kappa shape index (κ3) is 3.60. The Morgan fingerprint density at radius 3 is 2.70 bits per heavy atom. The van der Waals surface area contributed by atoms with Crippen LogP contribution in [0, 0.1) is 10.1 Å². The highest BCUT2D eigenvalue weighted by Gasteiger charge is 2.25. The van der Waals surface area contributed by atoms with Crippen molar-refractivity contribution in [3.05, 3.63) is 28.3 Å². The zero-order valence-electron chi connectivity index (χ0n) is 11.6. The number of nitro groups is 1. The van der Waals surface area contributed by atoms with E-state index in [-0.39, 0.29) is 17.5 Å². The van der Waals surface area contributed by atoms with Gasteiger partial charge in [0.25, 0.3) is 0 Å². The number of nitrogens with one attached hydrogen (secondary N) is 1. The van der Waals surface area contributed by atoms with Gasteiger partial charge in [0, 0.05) is 0 Å². The molecule has 1 aromatic carbocycles. The van der Waals surface area contributed by atoms with Crippen LogP contribution in [0.2, 0.25) is 0 Å². The lowest BCUT2D eigenvalue weighted by atomic mass is 10.1. The minimum absolute atomic E-state index is 0.0244. The van der Waals surface area contributed by atoms with Crippen molar-refractivity contribution in [1.82, 2.24) is 5.32 Å². The van der Waals surface area contributed by atoms with Gasteiger partial charge in [0.1, 0.15) is 6.10 Å². The number of hydrogen-bond acceptors (Lipinski definition) is 5. The summed E-state index contributed by atoms with van der Waals surface area (Å²) in [5.41, 5.74) is -0.0699. The van der Waals surface area contributed by atoms with Gasteiger partial charge in [-0.05, 0) is 44.5 Å². The lowest BCUT2D eigenvalue weighted by Crippen LogP contribution is -2.34. The summed E-state index contributed by atoms with van der Waals surface area (Å²) < 4.78 is 11.3. The molecule has 1 aliphatic rings. The van der Waals surface area contributed by atoms with Crippen LogP contribution in [0.3, 0.4) is 0 Å². The van der Waals surface area contributed by atoms with Gasteiger partial charge in [0.05, 0.1) is 11.5 Å². The summed E-state index contributed by atoms with van der Waals surface area (Å²) in [4.78, 5) is 10.9. The molecule has 0 aliphatic carbocycles. The van der Waals surface area contributed by atoms with Crippen LogP contribution >= 0.6 is 0 Å². The number of hydrogen-bond donors (Lipinski definition) is 1. The number of ether oxygens (including phenoxy) is 2. The maximum atomic E-state index is 11.3. The highest BCUT2D eigenvalue weighted by Crippen LogP contribution is 2.37. The molecule has 0 amide bonds. The molecule has 0 saturated carbocycles. The Kier molecular flexibility index (Phi) is 5.17. The number of para-hydroxylation sites is 1. The van der Waals surface area contributed by atoms with Gasteiger partial charge in [0.2, 0.25) is 11.5 Å². The van der Waals surface area contributed by atoms with Crippen molar-refractivity contribution in [1.29, 1.82) is 0 Å². The third-order valence-electron chi connectivity index (χ3n) is 3.19. The zero-order chi connectivity index (χ0) is 14.4. The van der Waals surface area contributed by atoms with Crippen LogP contribution in [-0.2, 0) is 0 Å². The molecule has 1 saturated heterocycles. The van der Waals surface area contributed by atoms with Gasteiger partial charge >= 0.3 is 5.69 Å². The quantitative estimate of drug-likeness (QED) is 0.640. The highest BCUT2D eigenvalue weighted by atomic mass is 16.6. The standard InChI is InChI=1S/C14H20N2O4/c1-2-10-19-12-4-3-5-13(14(12)16(17)18)20-11-6-8-15-9-7-11/h3-5,11,15H,2,6-10H2,1H3. The molecule has 0 spiro atoms. The van der Waals surface area contributed by atoms with E-state index in [2.05, 4.69) is 5.32 Å². The second-order valence-corrected chi connectivity index (χ2v) is 4.78. The molecule has 20 heavy (non-hydrogen) atoms. The molecule has 6 nitrogen and oxygen atoms in total. The predicted octanol–water partition coefficient (Wildman–Crippen LogP) is 2.51. The summed E-state index contributed by atoms with van der Waals surface area (Å²) in [7, 11) is 0. The fourth-order valence-corrected chi connectivity index (χ4v) is 2.20. The summed E-state index contributed by atoms with van der Waals surface area (Å²) in [5, 5.41) is 14.5. The maximum absolute atomic E-state index is 11.3. The first-order chi connectivity index (χ1) is 9.72. The van der Waals surface area contributed by atoms with Crippen molar-refractivity contribution in [2.75, 3.05) is 19.7 Å². The van der Waals surface area contributed by atoms with Gasteiger partial charge in [-0.25, -0.2) is 0 Å². The van der Waals surface area contributed by atoms with Crippen LogP contribution in [0.4, 0.5) is 5.69 Å². The first-order valence-electron chi connectivity index (χ1n) is 7.00. The van der Waals surface area contributed by atoms with Crippen molar-refractivity contribution in [2.24, 2.45) is 0 Å². The maximum Gasteiger partial charge on any atom is 0.352 e. The van der Waals surface area contributed by atoms with Gasteiger partial charge in [-0.2, -0.15) is 0 Å². The molecule has 1 N–H and O–H groups in total. The van der Waals surface area contributed by atoms with E-state index in [4.69, 9.17) is 9.47 Å². The number of rotatable bonds is 6. The number of benzene rings is 1. The lowest BCUT2D eigenvalue weighted by molar-refractivity contribution is -0.387. The molecular weight excluding hydrogens is 260 g/mol. The minimum atomic E-state index is -0.429. The Labute approximate surface area is 118 Å². The van der Waals surface area contributed by atoms with Gasteiger partial charge in [-0.1, -0.05) is 13.0 Å². The van der Waals surface area contributed by atoms with Gasteiger partial charge in [-0.15, -0.1) is 0 Å². The summed E-state index contributed by atoms with van der Waals surface area (Å²) >= 11 is 0. The normalized spacial score (nSPS) is 15.8. The second kappa shape index (κ2) is 7.09. The van der Waals surface area contributed by atoms with Crippen LogP contribution in [0.1, 0.15) is 26.2 Å². The van der Waals surface area contributed by atoms with E-state index in [1.165, 1.54) is 0 Å². The van der Waals surface area contributed by atoms with Crippen molar-refractivity contribution >= 4 is 5.69 Å². The van der Waals surface area contributed by atoms with Gasteiger partial charge in [0.15, 0.2) is 0 Å². The van der Waals surface area contributed by atoms with Crippen molar-refractivity contribution < 1.29 is 14.4 Å². The summed E-state index contributed by atoms with van der Waals surface area (Å²) in [5.74, 6) is 0.582. The van der Waals surface area contributed by atoms with Crippen LogP contribution in [0.25, 0.3) is 0 Å². The van der Waals surface area contributed by atoms with E-state index in [0.717, 1.165) is 32.4 Å². The van der Waals surface area contributed by atoms with E-state index in [1.807, 2.05) is 6.92 Å². The van der Waals surface area contributed by atoms with Crippen LogP contribution in [-0.4, -0.2) is 30.7 Å². The van der Waals surface area contributed by atoms with Crippen molar-refractivity contribution in [3.8, 4) is 11.5 Å². The molecule has 2 rings (SSSR count). The Morgan fingerprint density at radius 1 is 1.35 bits per heavy atom. The fraction of sp³-hybridized carbons (Fsp3) is 0.571. The van der Waals surface area contributed by atoms with Crippen LogP contribution in [0.15, 0.2) is 18.2 Å². The molecule has 0 radical (unpaired) electrons. The second-order valence-electron chi connectivity index (χ2n) is 4.78. The number of piperidine rings is 1. The molecular formula is C14H20N2O4. The molecule has 1 aliphatic heterocycles. The Hall–Kier alpha value is -1.82. The Bertz CT molecular complexity index is 458. The molecule has 1 aromatic rings. The van der Waals surface area contributed by atoms with Crippen molar-refractivity contribution in [2.45, 2.75) is 32.3 Å². The van der Waals surface area contributed by atoms with Gasteiger partial charge in [-0.3, -0.25) is 10.1 Å². The SMILES string of the molecule is CCCOc1cccc(OC2CCNCC2)c1[N+](=O)[O-]. The molecule has 1 fully saturated rings. The summed E-state index contributed by atoms with van der Waals surface area (Å²) in [6, 6.07) is 4.98.